The molecular formula is C14H18BrN3OS. The van der Waals surface area contributed by atoms with Crippen molar-refractivity contribution < 1.29 is 4.79 Å². The summed E-state index contributed by atoms with van der Waals surface area (Å²) in [6.45, 7) is 0. The second-order valence-electron chi connectivity index (χ2n) is 5.15. The number of halogens is 1. The highest BCUT2D eigenvalue weighted by atomic mass is 79.9. The van der Waals surface area contributed by atoms with E-state index in [0.29, 0.717) is 15.2 Å². The fourth-order valence-corrected chi connectivity index (χ4v) is 3.28. The van der Waals surface area contributed by atoms with Crippen LogP contribution in [0, 0.1) is 0 Å². The number of hydrogen-bond acceptors (Lipinski definition) is 3. The molecule has 108 valence electrons. The second kappa shape index (κ2) is 6.63. The van der Waals surface area contributed by atoms with Gasteiger partial charge in [0.2, 0.25) is 0 Å². The van der Waals surface area contributed by atoms with Gasteiger partial charge >= 0.3 is 0 Å². The molecule has 0 aliphatic heterocycles. The number of aromatic nitrogens is 1. The monoisotopic (exact) mass is 355 g/mol. The number of hydrogen-bond donors (Lipinski definition) is 2. The van der Waals surface area contributed by atoms with E-state index in [0.717, 1.165) is 38.5 Å². The minimum absolute atomic E-state index is 0.229. The lowest BCUT2D eigenvalue weighted by atomic mass is 9.90. The maximum atomic E-state index is 12.4. The minimum Gasteiger partial charge on any atom is -0.391 e. The average molecular weight is 356 g/mol. The van der Waals surface area contributed by atoms with E-state index < -0.39 is 5.54 Å². The Bertz CT molecular complexity index is 513. The first-order valence-corrected chi connectivity index (χ1v) is 7.98. The molecule has 1 saturated carbocycles. The molecule has 0 atom stereocenters. The van der Waals surface area contributed by atoms with Crippen molar-refractivity contribution in [1.29, 1.82) is 0 Å². The normalized spacial score (nSPS) is 18.1. The third-order valence-electron chi connectivity index (χ3n) is 3.76. The number of carbonyl (C=O) groups excluding carboxylic acids is 1. The van der Waals surface area contributed by atoms with Crippen molar-refractivity contribution in [3.8, 4) is 0 Å². The van der Waals surface area contributed by atoms with Crippen LogP contribution in [0.4, 0.5) is 0 Å². The van der Waals surface area contributed by atoms with E-state index in [1.807, 2.05) is 0 Å². The molecule has 0 bridgehead atoms. The highest BCUT2D eigenvalue weighted by Crippen LogP contribution is 2.28. The van der Waals surface area contributed by atoms with Crippen molar-refractivity contribution in [2.24, 2.45) is 5.73 Å². The van der Waals surface area contributed by atoms with Gasteiger partial charge in [-0.1, -0.05) is 37.9 Å². The molecule has 1 aliphatic carbocycles. The van der Waals surface area contributed by atoms with Gasteiger partial charge < -0.3 is 11.1 Å². The number of amides is 1. The predicted octanol–water partition coefficient (Wildman–Crippen LogP) is 2.95. The number of nitrogens with one attached hydrogen (secondary N) is 1. The summed E-state index contributed by atoms with van der Waals surface area (Å²) in [6, 6.07) is 3.57. The Morgan fingerprint density at radius 2 is 2.00 bits per heavy atom. The van der Waals surface area contributed by atoms with Crippen molar-refractivity contribution in [2.75, 3.05) is 0 Å². The molecule has 0 radical (unpaired) electrons. The molecule has 1 fully saturated rings. The molecule has 1 aliphatic rings. The van der Waals surface area contributed by atoms with Gasteiger partial charge in [0.1, 0.15) is 5.69 Å². The molecule has 2 rings (SSSR count). The minimum atomic E-state index is -0.570. The average Bonchev–Trinajstić information content (AvgIpc) is 2.65. The molecule has 0 spiro atoms. The molecule has 1 heterocycles. The van der Waals surface area contributed by atoms with Crippen molar-refractivity contribution in [2.45, 2.75) is 44.1 Å². The molecule has 0 aromatic carbocycles. The Labute approximate surface area is 132 Å². The van der Waals surface area contributed by atoms with Crippen LogP contribution in [-0.2, 0) is 0 Å². The molecule has 0 unspecified atom stereocenters. The lowest BCUT2D eigenvalue weighted by Crippen LogP contribution is -2.56. The highest BCUT2D eigenvalue weighted by molar-refractivity contribution is 9.10. The topological polar surface area (TPSA) is 68.0 Å². The van der Waals surface area contributed by atoms with Crippen LogP contribution in [-0.4, -0.2) is 21.4 Å². The first-order chi connectivity index (χ1) is 9.55. The van der Waals surface area contributed by atoms with E-state index >= 15 is 0 Å². The van der Waals surface area contributed by atoms with Gasteiger partial charge in [-0.3, -0.25) is 4.79 Å². The lowest BCUT2D eigenvalue weighted by molar-refractivity contribution is 0.0911. The van der Waals surface area contributed by atoms with E-state index in [1.54, 1.807) is 18.3 Å². The van der Waals surface area contributed by atoms with Crippen molar-refractivity contribution in [3.05, 3.63) is 28.5 Å². The Kier molecular flexibility index (Phi) is 5.10. The van der Waals surface area contributed by atoms with Gasteiger partial charge in [0, 0.05) is 10.7 Å². The van der Waals surface area contributed by atoms with Crippen LogP contribution >= 0.6 is 28.1 Å². The Hall–Kier alpha value is -1.01. The van der Waals surface area contributed by atoms with E-state index in [9.17, 15) is 4.79 Å². The fraction of sp³-hybridized carbons (Fsp3) is 0.500. The molecule has 1 aromatic heterocycles. The van der Waals surface area contributed by atoms with Gasteiger partial charge in [0.25, 0.3) is 5.91 Å². The number of thiocarbonyl (C=S) groups is 1. The number of pyridine rings is 1. The standard InChI is InChI=1S/C14H18BrN3OS/c15-10-6-5-9-17-11(10)12(19)18-14(13(16)20)7-3-1-2-4-8-14/h5-6,9H,1-4,7-8H2,(H2,16,20)(H,18,19). The zero-order chi connectivity index (χ0) is 14.6. The molecule has 1 amide bonds. The van der Waals surface area contributed by atoms with Crippen LogP contribution in [0.5, 0.6) is 0 Å². The largest absolute Gasteiger partial charge is 0.391 e. The SMILES string of the molecule is NC(=S)C1(NC(=O)c2ncccc2Br)CCCCCC1. The number of nitrogens with zero attached hydrogens (tertiary/aromatic N) is 1. The Morgan fingerprint density at radius 1 is 1.35 bits per heavy atom. The van der Waals surface area contributed by atoms with Gasteiger partial charge in [0.05, 0.1) is 10.5 Å². The summed E-state index contributed by atoms with van der Waals surface area (Å²) in [5.74, 6) is -0.229. The Morgan fingerprint density at radius 3 is 2.55 bits per heavy atom. The van der Waals surface area contributed by atoms with E-state index in [2.05, 4.69) is 26.2 Å². The van der Waals surface area contributed by atoms with Gasteiger partial charge in [-0.15, -0.1) is 0 Å². The molecule has 6 heteroatoms. The fourth-order valence-electron chi connectivity index (χ4n) is 2.59. The smallest absolute Gasteiger partial charge is 0.271 e. The van der Waals surface area contributed by atoms with Gasteiger partial charge in [-0.2, -0.15) is 0 Å². The molecule has 4 nitrogen and oxygen atoms in total. The van der Waals surface area contributed by atoms with Crippen molar-refractivity contribution in [3.63, 3.8) is 0 Å². The van der Waals surface area contributed by atoms with Crippen LogP contribution in [0.1, 0.15) is 49.0 Å². The third kappa shape index (κ3) is 3.35. The lowest BCUT2D eigenvalue weighted by Gasteiger charge is -2.32. The summed E-state index contributed by atoms with van der Waals surface area (Å²) >= 11 is 8.56. The maximum absolute atomic E-state index is 12.4. The van der Waals surface area contributed by atoms with Gasteiger partial charge in [-0.25, -0.2) is 4.98 Å². The quantitative estimate of drug-likeness (QED) is 0.646. The van der Waals surface area contributed by atoms with Crippen LogP contribution in [0.3, 0.4) is 0 Å². The van der Waals surface area contributed by atoms with Crippen LogP contribution in [0.25, 0.3) is 0 Å². The number of rotatable bonds is 3. The van der Waals surface area contributed by atoms with Gasteiger partial charge in [-0.05, 0) is 40.9 Å². The van der Waals surface area contributed by atoms with Crippen molar-refractivity contribution in [1.82, 2.24) is 10.3 Å². The summed E-state index contributed by atoms with van der Waals surface area (Å²) in [5, 5.41) is 3.03. The number of carbonyl (C=O) groups is 1. The molecule has 0 saturated heterocycles. The first kappa shape index (κ1) is 15.4. The molecule has 20 heavy (non-hydrogen) atoms. The highest BCUT2D eigenvalue weighted by Gasteiger charge is 2.36. The van der Waals surface area contributed by atoms with E-state index in [-0.39, 0.29) is 5.91 Å². The molecular weight excluding hydrogens is 338 g/mol. The predicted molar refractivity (Wildman–Crippen MR) is 86.6 cm³/mol. The van der Waals surface area contributed by atoms with Crippen LogP contribution in [0.2, 0.25) is 0 Å². The summed E-state index contributed by atoms with van der Waals surface area (Å²) in [6.07, 6.45) is 7.58. The zero-order valence-electron chi connectivity index (χ0n) is 11.2. The summed E-state index contributed by atoms with van der Waals surface area (Å²) < 4.78 is 0.671. The van der Waals surface area contributed by atoms with Gasteiger partial charge in [0.15, 0.2) is 0 Å². The summed E-state index contributed by atoms with van der Waals surface area (Å²) in [7, 11) is 0. The third-order valence-corrected chi connectivity index (χ3v) is 4.79. The Balaban J connectivity index is 2.22. The van der Waals surface area contributed by atoms with Crippen LogP contribution in [0.15, 0.2) is 22.8 Å². The summed E-state index contributed by atoms with van der Waals surface area (Å²) in [5.41, 5.74) is 5.72. The molecule has 3 N–H and O–H groups in total. The maximum Gasteiger partial charge on any atom is 0.271 e. The van der Waals surface area contributed by atoms with E-state index in [4.69, 9.17) is 18.0 Å². The van der Waals surface area contributed by atoms with Crippen LogP contribution < -0.4 is 11.1 Å². The second-order valence-corrected chi connectivity index (χ2v) is 6.44. The summed E-state index contributed by atoms with van der Waals surface area (Å²) in [4.78, 5) is 16.9. The first-order valence-electron chi connectivity index (χ1n) is 6.78. The van der Waals surface area contributed by atoms with E-state index in [1.165, 1.54) is 0 Å². The van der Waals surface area contributed by atoms with Crippen molar-refractivity contribution >= 4 is 39.0 Å². The molecule has 1 aromatic rings. The number of nitrogens with two attached hydrogens (primary N) is 1. The zero-order valence-corrected chi connectivity index (χ0v) is 13.6.